The summed E-state index contributed by atoms with van der Waals surface area (Å²) >= 11 is 0. The number of ether oxygens (including phenoxy) is 1. The van der Waals surface area contributed by atoms with Crippen molar-refractivity contribution in [3.63, 3.8) is 0 Å². The third-order valence-electron chi connectivity index (χ3n) is 2.80. The maximum Gasteiger partial charge on any atom is 0.127 e. The Hall–Kier alpha value is -1.13. The highest BCUT2D eigenvalue weighted by molar-refractivity contribution is 5.29. The molecule has 1 rings (SSSR count). The van der Waals surface area contributed by atoms with Gasteiger partial charge in [-0.05, 0) is 44.0 Å². The van der Waals surface area contributed by atoms with E-state index in [2.05, 4.69) is 19.2 Å². The Labute approximate surface area is 121 Å². The zero-order chi connectivity index (χ0) is 15.2. The number of hydrogen-bond acceptors (Lipinski definition) is 3. The van der Waals surface area contributed by atoms with Crippen molar-refractivity contribution >= 4 is 0 Å². The second kappa shape index (κ2) is 7.60. The van der Waals surface area contributed by atoms with Crippen molar-refractivity contribution in [1.82, 2.24) is 5.32 Å². The van der Waals surface area contributed by atoms with Crippen LogP contribution in [0.4, 0.5) is 4.39 Å². The third kappa shape index (κ3) is 7.46. The van der Waals surface area contributed by atoms with Gasteiger partial charge in [0.2, 0.25) is 0 Å². The van der Waals surface area contributed by atoms with Crippen LogP contribution in [0.5, 0.6) is 5.75 Å². The minimum Gasteiger partial charge on any atom is -0.493 e. The molecule has 0 aromatic heterocycles. The molecule has 1 aromatic rings. The largest absolute Gasteiger partial charge is 0.493 e. The van der Waals surface area contributed by atoms with Gasteiger partial charge in [0.25, 0.3) is 0 Å². The number of aliphatic hydroxyl groups is 1. The zero-order valence-electron chi connectivity index (χ0n) is 12.9. The normalized spacial score (nSPS) is 11.9. The molecule has 0 aliphatic heterocycles. The van der Waals surface area contributed by atoms with Crippen molar-refractivity contribution in [3.05, 3.63) is 29.6 Å². The molecule has 0 spiro atoms. The predicted molar refractivity (Wildman–Crippen MR) is 79.4 cm³/mol. The van der Waals surface area contributed by atoms with Crippen LogP contribution < -0.4 is 10.1 Å². The Morgan fingerprint density at radius 1 is 1.30 bits per heavy atom. The highest BCUT2D eigenvalue weighted by Crippen LogP contribution is 2.18. The highest BCUT2D eigenvalue weighted by atomic mass is 19.1. The molecule has 3 nitrogen and oxygen atoms in total. The van der Waals surface area contributed by atoms with E-state index in [1.54, 1.807) is 13.8 Å². The first-order valence-electron chi connectivity index (χ1n) is 7.11. The molecule has 0 bridgehead atoms. The van der Waals surface area contributed by atoms with Crippen LogP contribution in [-0.4, -0.2) is 23.9 Å². The van der Waals surface area contributed by atoms with Gasteiger partial charge in [0.05, 0.1) is 12.2 Å². The topological polar surface area (TPSA) is 41.5 Å². The van der Waals surface area contributed by atoms with Gasteiger partial charge < -0.3 is 15.2 Å². The molecular weight excluding hydrogens is 257 g/mol. The lowest BCUT2D eigenvalue weighted by Crippen LogP contribution is -2.22. The fourth-order valence-electron chi connectivity index (χ4n) is 1.73. The molecule has 114 valence electrons. The molecule has 20 heavy (non-hydrogen) atoms. The Bertz CT molecular complexity index is 413. The maximum atomic E-state index is 13.5. The molecular formula is C16H26FNO2. The van der Waals surface area contributed by atoms with Gasteiger partial charge in [-0.15, -0.1) is 0 Å². The van der Waals surface area contributed by atoms with E-state index in [0.717, 1.165) is 12.1 Å². The van der Waals surface area contributed by atoms with E-state index in [1.165, 1.54) is 12.1 Å². The lowest BCUT2D eigenvalue weighted by Gasteiger charge is -2.17. The monoisotopic (exact) mass is 283 g/mol. The van der Waals surface area contributed by atoms with Crippen molar-refractivity contribution < 1.29 is 14.2 Å². The van der Waals surface area contributed by atoms with Gasteiger partial charge in [0.15, 0.2) is 0 Å². The predicted octanol–water partition coefficient (Wildman–Crippen LogP) is 3.11. The third-order valence-corrected chi connectivity index (χ3v) is 2.80. The smallest absolute Gasteiger partial charge is 0.127 e. The lowest BCUT2D eigenvalue weighted by atomic mass is 10.1. The molecule has 0 fully saturated rings. The average Bonchev–Trinajstić information content (AvgIpc) is 2.25. The van der Waals surface area contributed by atoms with Gasteiger partial charge in [-0.2, -0.15) is 0 Å². The Balaban J connectivity index is 2.53. The minimum absolute atomic E-state index is 0.299. The number of benzene rings is 1. The molecule has 2 N–H and O–H groups in total. The van der Waals surface area contributed by atoms with Crippen LogP contribution in [-0.2, 0) is 6.54 Å². The van der Waals surface area contributed by atoms with Gasteiger partial charge in [-0.1, -0.05) is 13.8 Å². The van der Waals surface area contributed by atoms with Crippen molar-refractivity contribution in [2.24, 2.45) is 5.92 Å². The summed E-state index contributed by atoms with van der Waals surface area (Å²) in [5.41, 5.74) is 0.0959. The van der Waals surface area contributed by atoms with Gasteiger partial charge >= 0.3 is 0 Å². The summed E-state index contributed by atoms with van der Waals surface area (Å²) in [4.78, 5) is 0. The van der Waals surface area contributed by atoms with E-state index in [-0.39, 0.29) is 5.82 Å². The second-order valence-corrected chi connectivity index (χ2v) is 6.23. The SMILES string of the molecule is CC(C)CNCc1cc(F)cc(OCCC(C)(C)O)c1. The summed E-state index contributed by atoms with van der Waals surface area (Å²) in [5, 5.41) is 12.9. The first-order chi connectivity index (χ1) is 9.26. The molecule has 0 atom stereocenters. The van der Waals surface area contributed by atoms with Crippen molar-refractivity contribution in [3.8, 4) is 5.75 Å². The summed E-state index contributed by atoms with van der Waals surface area (Å²) in [6.07, 6.45) is 0.504. The van der Waals surface area contributed by atoms with Crippen molar-refractivity contribution in [2.45, 2.75) is 46.3 Å². The fourth-order valence-corrected chi connectivity index (χ4v) is 1.73. The highest BCUT2D eigenvalue weighted by Gasteiger charge is 2.12. The molecule has 0 heterocycles. The molecule has 0 saturated carbocycles. The Morgan fingerprint density at radius 3 is 2.60 bits per heavy atom. The molecule has 1 aromatic carbocycles. The summed E-state index contributed by atoms with van der Waals surface area (Å²) in [6, 6.07) is 4.72. The summed E-state index contributed by atoms with van der Waals surface area (Å²) in [6.45, 7) is 9.59. The quantitative estimate of drug-likeness (QED) is 0.770. The van der Waals surface area contributed by atoms with Crippen LogP contribution in [0.3, 0.4) is 0 Å². The van der Waals surface area contributed by atoms with Crippen LogP contribution in [0.1, 0.15) is 39.7 Å². The van der Waals surface area contributed by atoms with E-state index in [1.807, 2.05) is 6.07 Å². The van der Waals surface area contributed by atoms with Gasteiger partial charge in [0, 0.05) is 19.0 Å². The maximum absolute atomic E-state index is 13.5. The number of halogens is 1. The molecule has 0 amide bonds. The van der Waals surface area contributed by atoms with E-state index in [4.69, 9.17) is 4.74 Å². The molecule has 0 radical (unpaired) electrons. The Morgan fingerprint density at radius 2 is 2.00 bits per heavy atom. The average molecular weight is 283 g/mol. The second-order valence-electron chi connectivity index (χ2n) is 6.23. The number of rotatable bonds is 8. The lowest BCUT2D eigenvalue weighted by molar-refractivity contribution is 0.0553. The first kappa shape index (κ1) is 16.9. The summed E-state index contributed by atoms with van der Waals surface area (Å²) in [7, 11) is 0. The molecule has 0 unspecified atom stereocenters. The molecule has 0 saturated heterocycles. The van der Waals surface area contributed by atoms with E-state index >= 15 is 0 Å². The van der Waals surface area contributed by atoms with Gasteiger partial charge in [-0.25, -0.2) is 4.39 Å². The molecule has 4 heteroatoms. The molecule has 0 aliphatic carbocycles. The van der Waals surface area contributed by atoms with Crippen LogP contribution in [0.25, 0.3) is 0 Å². The van der Waals surface area contributed by atoms with E-state index < -0.39 is 5.60 Å². The van der Waals surface area contributed by atoms with Gasteiger partial charge in [-0.3, -0.25) is 0 Å². The number of hydrogen-bond donors (Lipinski definition) is 2. The van der Waals surface area contributed by atoms with Crippen LogP contribution in [0.15, 0.2) is 18.2 Å². The summed E-state index contributed by atoms with van der Waals surface area (Å²) in [5.74, 6) is 0.772. The van der Waals surface area contributed by atoms with Crippen molar-refractivity contribution in [1.29, 1.82) is 0 Å². The zero-order valence-corrected chi connectivity index (χ0v) is 12.9. The number of nitrogens with one attached hydrogen (secondary N) is 1. The van der Waals surface area contributed by atoms with Crippen LogP contribution in [0.2, 0.25) is 0 Å². The van der Waals surface area contributed by atoms with Crippen LogP contribution in [0, 0.1) is 11.7 Å². The molecule has 0 aliphatic rings. The van der Waals surface area contributed by atoms with Crippen LogP contribution >= 0.6 is 0 Å². The van der Waals surface area contributed by atoms with E-state index in [0.29, 0.717) is 31.2 Å². The first-order valence-corrected chi connectivity index (χ1v) is 7.11. The van der Waals surface area contributed by atoms with E-state index in [9.17, 15) is 9.50 Å². The summed E-state index contributed by atoms with van der Waals surface area (Å²) < 4.78 is 19.0. The van der Waals surface area contributed by atoms with Crippen molar-refractivity contribution in [2.75, 3.05) is 13.2 Å². The fraction of sp³-hybridized carbons (Fsp3) is 0.625. The van der Waals surface area contributed by atoms with Gasteiger partial charge in [0.1, 0.15) is 11.6 Å². The minimum atomic E-state index is -0.769. The standard InChI is InChI=1S/C16H26FNO2/c1-12(2)10-18-11-13-7-14(17)9-15(8-13)20-6-5-16(3,4)19/h7-9,12,18-19H,5-6,10-11H2,1-4H3. The Kier molecular flexibility index (Phi) is 6.43.